The molecule has 3 rings (SSSR count). The molecule has 2 aromatic rings. The molecular formula is C17H17ClF3N3O2S. The van der Waals surface area contributed by atoms with Gasteiger partial charge in [0.2, 0.25) is 10.0 Å². The molecule has 0 aliphatic carbocycles. The Kier molecular flexibility index (Phi) is 5.64. The van der Waals surface area contributed by atoms with Crippen molar-refractivity contribution in [3.8, 4) is 0 Å². The summed E-state index contributed by atoms with van der Waals surface area (Å²) in [5.74, 6) is -0.419. The van der Waals surface area contributed by atoms with Crippen molar-refractivity contribution in [3.63, 3.8) is 0 Å². The molecule has 5 nitrogen and oxygen atoms in total. The van der Waals surface area contributed by atoms with Crippen LogP contribution >= 0.6 is 11.6 Å². The highest BCUT2D eigenvalue weighted by Gasteiger charge is 2.37. The maximum Gasteiger partial charge on any atom is 0.419 e. The number of benzene rings is 1. The van der Waals surface area contributed by atoms with Crippen LogP contribution in [-0.2, 0) is 22.0 Å². The van der Waals surface area contributed by atoms with Crippen LogP contribution in [0.3, 0.4) is 0 Å². The summed E-state index contributed by atoms with van der Waals surface area (Å²) in [5.41, 5.74) is -0.331. The Morgan fingerprint density at radius 3 is 2.33 bits per heavy atom. The zero-order chi connectivity index (χ0) is 19.7. The van der Waals surface area contributed by atoms with Crippen LogP contribution in [0.15, 0.2) is 42.6 Å². The van der Waals surface area contributed by atoms with Crippen molar-refractivity contribution < 1.29 is 21.6 Å². The Labute approximate surface area is 160 Å². The maximum atomic E-state index is 13.2. The number of sulfonamides is 1. The minimum Gasteiger partial charge on any atom is -0.353 e. The SMILES string of the molecule is O=S(=O)(Cc1ccccc1Cl)N1CCN(c2ncccc2C(F)(F)F)CC1. The number of anilines is 1. The molecule has 146 valence electrons. The zero-order valence-electron chi connectivity index (χ0n) is 14.2. The maximum absolute atomic E-state index is 13.2. The van der Waals surface area contributed by atoms with E-state index in [-0.39, 0.29) is 37.7 Å². The summed E-state index contributed by atoms with van der Waals surface area (Å²) < 4.78 is 66.0. The second kappa shape index (κ2) is 7.65. The van der Waals surface area contributed by atoms with Crippen LogP contribution in [0.4, 0.5) is 19.0 Å². The summed E-state index contributed by atoms with van der Waals surface area (Å²) in [6.45, 7) is 0.422. The van der Waals surface area contributed by atoms with Gasteiger partial charge in [-0.2, -0.15) is 17.5 Å². The highest BCUT2D eigenvalue weighted by molar-refractivity contribution is 7.88. The van der Waals surface area contributed by atoms with Crippen molar-refractivity contribution in [1.82, 2.24) is 9.29 Å². The van der Waals surface area contributed by atoms with Gasteiger partial charge in [0, 0.05) is 37.4 Å². The van der Waals surface area contributed by atoms with E-state index in [0.29, 0.717) is 10.6 Å². The normalized spacial score (nSPS) is 16.5. The summed E-state index contributed by atoms with van der Waals surface area (Å²) in [7, 11) is -3.62. The quantitative estimate of drug-likeness (QED) is 0.762. The minimum absolute atomic E-state index is 0.0840. The number of piperazine rings is 1. The smallest absolute Gasteiger partial charge is 0.353 e. The zero-order valence-corrected chi connectivity index (χ0v) is 15.7. The molecule has 0 unspecified atom stereocenters. The first kappa shape index (κ1) is 19.9. The van der Waals surface area contributed by atoms with E-state index in [1.807, 2.05) is 0 Å². The molecule has 0 saturated carbocycles. The first-order chi connectivity index (χ1) is 12.7. The predicted molar refractivity (Wildman–Crippen MR) is 97.1 cm³/mol. The molecule has 1 aliphatic rings. The molecule has 0 amide bonds. The topological polar surface area (TPSA) is 53.5 Å². The van der Waals surface area contributed by atoms with E-state index in [0.717, 1.165) is 6.07 Å². The molecule has 1 aliphatic heterocycles. The lowest BCUT2D eigenvalue weighted by molar-refractivity contribution is -0.137. The molecule has 0 spiro atoms. The van der Waals surface area contributed by atoms with Gasteiger partial charge in [0.15, 0.2) is 0 Å². The Morgan fingerprint density at radius 2 is 1.70 bits per heavy atom. The van der Waals surface area contributed by atoms with Crippen LogP contribution in [0.2, 0.25) is 5.02 Å². The number of nitrogens with zero attached hydrogens (tertiary/aromatic N) is 3. The van der Waals surface area contributed by atoms with Crippen molar-refractivity contribution >= 4 is 27.4 Å². The summed E-state index contributed by atoms with van der Waals surface area (Å²) in [5, 5.41) is 0.364. The fraction of sp³-hybridized carbons (Fsp3) is 0.353. The van der Waals surface area contributed by atoms with Gasteiger partial charge in [-0.3, -0.25) is 0 Å². The van der Waals surface area contributed by atoms with Crippen molar-refractivity contribution in [2.45, 2.75) is 11.9 Å². The highest BCUT2D eigenvalue weighted by Crippen LogP contribution is 2.35. The Hall–Kier alpha value is -1.84. The van der Waals surface area contributed by atoms with E-state index in [2.05, 4.69) is 4.98 Å². The number of hydrogen-bond acceptors (Lipinski definition) is 4. The van der Waals surface area contributed by atoms with Crippen molar-refractivity contribution in [2.75, 3.05) is 31.1 Å². The molecule has 0 radical (unpaired) electrons. The monoisotopic (exact) mass is 419 g/mol. The van der Waals surface area contributed by atoms with Gasteiger partial charge >= 0.3 is 6.18 Å². The lowest BCUT2D eigenvalue weighted by Gasteiger charge is -2.35. The summed E-state index contributed by atoms with van der Waals surface area (Å²) in [4.78, 5) is 5.32. The van der Waals surface area contributed by atoms with Crippen LogP contribution in [-0.4, -0.2) is 43.9 Å². The summed E-state index contributed by atoms with van der Waals surface area (Å²) in [6.07, 6.45) is -3.22. The minimum atomic E-state index is -4.52. The molecule has 10 heteroatoms. The third-order valence-corrected chi connectivity index (χ3v) is 6.52. The molecule has 0 N–H and O–H groups in total. The third-order valence-electron chi connectivity index (χ3n) is 4.32. The van der Waals surface area contributed by atoms with Gasteiger partial charge in [-0.15, -0.1) is 0 Å². The molecule has 1 fully saturated rings. The van der Waals surface area contributed by atoms with Crippen molar-refractivity contribution in [2.24, 2.45) is 0 Å². The molecule has 27 heavy (non-hydrogen) atoms. The second-order valence-electron chi connectivity index (χ2n) is 6.11. The van der Waals surface area contributed by atoms with Crippen LogP contribution < -0.4 is 4.90 Å². The molecule has 2 heterocycles. The number of alkyl halides is 3. The van der Waals surface area contributed by atoms with Crippen molar-refractivity contribution in [3.05, 3.63) is 58.7 Å². The van der Waals surface area contributed by atoms with E-state index in [9.17, 15) is 21.6 Å². The van der Waals surface area contributed by atoms with E-state index in [1.165, 1.54) is 21.5 Å². The first-order valence-corrected chi connectivity index (χ1v) is 10.2. The summed E-state index contributed by atoms with van der Waals surface area (Å²) >= 11 is 6.03. The molecule has 1 aromatic carbocycles. The van der Waals surface area contributed by atoms with E-state index in [4.69, 9.17) is 11.6 Å². The number of aromatic nitrogens is 1. The van der Waals surface area contributed by atoms with Gasteiger partial charge in [0.1, 0.15) is 5.82 Å². The van der Waals surface area contributed by atoms with Gasteiger partial charge in [0.05, 0.1) is 11.3 Å². The average Bonchev–Trinajstić information content (AvgIpc) is 2.63. The fourth-order valence-electron chi connectivity index (χ4n) is 2.95. The largest absolute Gasteiger partial charge is 0.419 e. The predicted octanol–water partition coefficient (Wildman–Crippen LogP) is 3.41. The van der Waals surface area contributed by atoms with Crippen LogP contribution in [0, 0.1) is 0 Å². The van der Waals surface area contributed by atoms with E-state index >= 15 is 0 Å². The van der Waals surface area contributed by atoms with E-state index in [1.54, 1.807) is 24.3 Å². The first-order valence-electron chi connectivity index (χ1n) is 8.17. The van der Waals surface area contributed by atoms with Crippen molar-refractivity contribution in [1.29, 1.82) is 0 Å². The molecule has 0 bridgehead atoms. The van der Waals surface area contributed by atoms with Gasteiger partial charge in [0.25, 0.3) is 0 Å². The second-order valence-corrected chi connectivity index (χ2v) is 8.48. The summed E-state index contributed by atoms with van der Waals surface area (Å²) in [6, 6.07) is 8.87. The average molecular weight is 420 g/mol. The lowest BCUT2D eigenvalue weighted by Crippen LogP contribution is -2.49. The van der Waals surface area contributed by atoms with Crippen LogP contribution in [0.5, 0.6) is 0 Å². The standard InChI is InChI=1S/C17H17ClF3N3O2S/c18-15-6-2-1-4-13(15)12-27(25,26)24-10-8-23(9-11-24)16-14(17(19,20)21)5-3-7-22-16/h1-7H,8-12H2. The van der Waals surface area contributed by atoms with Gasteiger partial charge < -0.3 is 4.90 Å². The number of halogens is 4. The number of pyridine rings is 1. The lowest BCUT2D eigenvalue weighted by atomic mass is 10.2. The molecular weight excluding hydrogens is 403 g/mol. The van der Waals surface area contributed by atoms with Crippen LogP contribution in [0.25, 0.3) is 0 Å². The Bertz CT molecular complexity index is 914. The van der Waals surface area contributed by atoms with Crippen LogP contribution in [0.1, 0.15) is 11.1 Å². The van der Waals surface area contributed by atoms with Gasteiger partial charge in [-0.25, -0.2) is 13.4 Å². The van der Waals surface area contributed by atoms with Gasteiger partial charge in [-0.1, -0.05) is 29.8 Å². The fourth-order valence-corrected chi connectivity index (χ4v) is 4.78. The molecule has 1 saturated heterocycles. The Balaban J connectivity index is 1.72. The third kappa shape index (κ3) is 4.53. The Morgan fingerprint density at radius 1 is 1.04 bits per heavy atom. The van der Waals surface area contributed by atoms with Gasteiger partial charge in [-0.05, 0) is 23.8 Å². The molecule has 1 aromatic heterocycles. The number of rotatable bonds is 4. The van der Waals surface area contributed by atoms with E-state index < -0.39 is 21.8 Å². The highest BCUT2D eigenvalue weighted by atomic mass is 35.5. The number of hydrogen-bond donors (Lipinski definition) is 0. The molecule has 0 atom stereocenters.